The van der Waals surface area contributed by atoms with Gasteiger partial charge in [-0.2, -0.15) is 0 Å². The molecule has 1 unspecified atom stereocenters. The number of benzene rings is 2. The first-order valence-electron chi connectivity index (χ1n) is 6.14. The third-order valence-electron chi connectivity index (χ3n) is 3.27. The highest BCUT2D eigenvalue weighted by molar-refractivity contribution is 14.1. The van der Waals surface area contributed by atoms with Crippen molar-refractivity contribution >= 4 is 51.6 Å². The Balaban J connectivity index is 1.71. The Bertz CT molecular complexity index is 602. The molecule has 0 saturated heterocycles. The maximum atomic E-state index is 5.98. The van der Waals surface area contributed by atoms with Crippen molar-refractivity contribution in [1.82, 2.24) is 0 Å². The first-order chi connectivity index (χ1) is 9.24. The van der Waals surface area contributed by atoms with Crippen molar-refractivity contribution < 1.29 is 0 Å². The Labute approximate surface area is 136 Å². The van der Waals surface area contributed by atoms with Crippen LogP contribution in [0, 0.1) is 3.57 Å². The topological polar surface area (TPSA) is 12.0 Å². The van der Waals surface area contributed by atoms with Gasteiger partial charge in [-0.15, -0.1) is 11.8 Å². The molecule has 1 aliphatic rings. The minimum atomic E-state index is 0.590. The van der Waals surface area contributed by atoms with Crippen LogP contribution in [0.1, 0.15) is 11.5 Å². The number of anilines is 1. The normalized spacial score (nSPS) is 17.3. The van der Waals surface area contributed by atoms with Crippen molar-refractivity contribution in [2.24, 2.45) is 0 Å². The van der Waals surface area contributed by atoms with Gasteiger partial charge in [0.15, 0.2) is 0 Å². The number of nitrogens with one attached hydrogen (secondary N) is 1. The monoisotopic (exact) mass is 401 g/mol. The fraction of sp³-hybridized carbons (Fsp3) is 0.200. The van der Waals surface area contributed by atoms with Crippen LogP contribution in [0.5, 0.6) is 0 Å². The molecule has 19 heavy (non-hydrogen) atoms. The molecule has 0 spiro atoms. The number of halogens is 2. The van der Waals surface area contributed by atoms with E-state index in [0.29, 0.717) is 5.92 Å². The molecule has 0 fully saturated rings. The van der Waals surface area contributed by atoms with E-state index in [-0.39, 0.29) is 0 Å². The van der Waals surface area contributed by atoms with Crippen molar-refractivity contribution in [3.8, 4) is 0 Å². The SMILES string of the molecule is Clc1ccc(NCC2CSc3ccccc32)c(I)c1. The summed E-state index contributed by atoms with van der Waals surface area (Å²) in [5.74, 6) is 1.75. The number of fused-ring (bicyclic) bond motifs is 1. The van der Waals surface area contributed by atoms with Crippen molar-refractivity contribution in [3.63, 3.8) is 0 Å². The van der Waals surface area contributed by atoms with Crippen LogP contribution in [0.3, 0.4) is 0 Å². The molecule has 98 valence electrons. The van der Waals surface area contributed by atoms with E-state index in [1.165, 1.54) is 19.7 Å². The molecule has 0 saturated carbocycles. The van der Waals surface area contributed by atoms with E-state index in [0.717, 1.165) is 17.3 Å². The van der Waals surface area contributed by atoms with E-state index in [9.17, 15) is 0 Å². The summed E-state index contributed by atoms with van der Waals surface area (Å²) < 4.78 is 1.17. The Hall–Kier alpha value is -0.390. The molecule has 2 aromatic carbocycles. The van der Waals surface area contributed by atoms with Crippen LogP contribution < -0.4 is 5.32 Å². The van der Waals surface area contributed by atoms with Gasteiger partial charge < -0.3 is 5.32 Å². The second-order valence-electron chi connectivity index (χ2n) is 4.55. The van der Waals surface area contributed by atoms with Crippen LogP contribution in [0.15, 0.2) is 47.4 Å². The lowest BCUT2D eigenvalue weighted by molar-refractivity contribution is 0.818. The zero-order valence-corrected chi connectivity index (χ0v) is 13.9. The minimum absolute atomic E-state index is 0.590. The summed E-state index contributed by atoms with van der Waals surface area (Å²) in [4.78, 5) is 1.43. The number of thioether (sulfide) groups is 1. The number of hydrogen-bond acceptors (Lipinski definition) is 2. The zero-order valence-electron chi connectivity index (χ0n) is 10.2. The molecular formula is C15H13ClINS. The lowest BCUT2D eigenvalue weighted by Crippen LogP contribution is -2.12. The average Bonchev–Trinajstić information content (AvgIpc) is 2.81. The van der Waals surface area contributed by atoms with Gasteiger partial charge in [-0.3, -0.25) is 0 Å². The summed E-state index contributed by atoms with van der Waals surface area (Å²) in [6, 6.07) is 14.7. The van der Waals surface area contributed by atoms with Gasteiger partial charge in [0, 0.05) is 37.4 Å². The van der Waals surface area contributed by atoms with E-state index >= 15 is 0 Å². The number of rotatable bonds is 3. The smallest absolute Gasteiger partial charge is 0.0477 e. The summed E-state index contributed by atoms with van der Waals surface area (Å²) in [5.41, 5.74) is 2.64. The maximum absolute atomic E-state index is 5.98. The second-order valence-corrected chi connectivity index (χ2v) is 7.21. The highest BCUT2D eigenvalue weighted by Crippen LogP contribution is 2.39. The third kappa shape index (κ3) is 3.03. The molecule has 2 aromatic rings. The predicted octanol–water partition coefficient (Wildman–Crippen LogP) is 5.25. The van der Waals surface area contributed by atoms with E-state index in [4.69, 9.17) is 11.6 Å². The summed E-state index contributed by atoms with van der Waals surface area (Å²) in [6.07, 6.45) is 0. The van der Waals surface area contributed by atoms with Gasteiger partial charge >= 0.3 is 0 Å². The first-order valence-corrected chi connectivity index (χ1v) is 8.59. The summed E-state index contributed by atoms with van der Waals surface area (Å²) in [6.45, 7) is 0.974. The molecule has 1 aliphatic heterocycles. The van der Waals surface area contributed by atoms with Gasteiger partial charge in [-0.25, -0.2) is 0 Å². The molecule has 1 nitrogen and oxygen atoms in total. The zero-order chi connectivity index (χ0) is 13.2. The van der Waals surface area contributed by atoms with Crippen molar-refractivity contribution in [2.75, 3.05) is 17.6 Å². The summed E-state index contributed by atoms with van der Waals surface area (Å²) in [7, 11) is 0. The highest BCUT2D eigenvalue weighted by Gasteiger charge is 2.22. The van der Waals surface area contributed by atoms with E-state index in [2.05, 4.69) is 58.2 Å². The Kier molecular flexibility index (Phi) is 4.24. The first kappa shape index (κ1) is 13.6. The Morgan fingerprint density at radius 3 is 2.95 bits per heavy atom. The largest absolute Gasteiger partial charge is 0.384 e. The van der Waals surface area contributed by atoms with Gasteiger partial charge in [-0.1, -0.05) is 29.8 Å². The lowest BCUT2D eigenvalue weighted by Gasteiger charge is -2.14. The van der Waals surface area contributed by atoms with Crippen LogP contribution in [0.4, 0.5) is 5.69 Å². The highest BCUT2D eigenvalue weighted by atomic mass is 127. The second kappa shape index (κ2) is 5.94. The fourth-order valence-corrected chi connectivity index (χ4v) is 4.58. The minimum Gasteiger partial charge on any atom is -0.384 e. The van der Waals surface area contributed by atoms with E-state index in [1.54, 1.807) is 0 Å². The molecule has 1 N–H and O–H groups in total. The fourth-order valence-electron chi connectivity index (χ4n) is 2.26. The molecule has 0 aliphatic carbocycles. The van der Waals surface area contributed by atoms with Crippen LogP contribution in [0.2, 0.25) is 5.02 Å². The molecule has 1 heterocycles. The Morgan fingerprint density at radius 2 is 2.11 bits per heavy atom. The molecule has 0 radical (unpaired) electrons. The standard InChI is InChI=1S/C15H13ClINS/c16-11-5-6-14(13(17)7-11)18-8-10-9-19-15-4-2-1-3-12(10)15/h1-7,10,18H,8-9H2. The van der Waals surface area contributed by atoms with E-state index in [1.807, 2.05) is 23.9 Å². The third-order valence-corrected chi connectivity index (χ3v) is 5.65. The number of hydrogen-bond donors (Lipinski definition) is 1. The Morgan fingerprint density at radius 1 is 1.26 bits per heavy atom. The van der Waals surface area contributed by atoms with Crippen molar-refractivity contribution in [1.29, 1.82) is 0 Å². The molecule has 0 amide bonds. The molecule has 4 heteroatoms. The average molecular weight is 402 g/mol. The quantitative estimate of drug-likeness (QED) is 0.705. The van der Waals surface area contributed by atoms with Crippen LogP contribution in [0.25, 0.3) is 0 Å². The van der Waals surface area contributed by atoms with Gasteiger partial charge in [0.05, 0.1) is 0 Å². The van der Waals surface area contributed by atoms with Crippen molar-refractivity contribution in [2.45, 2.75) is 10.8 Å². The molecule has 3 rings (SSSR count). The van der Waals surface area contributed by atoms with Gasteiger partial charge in [-0.05, 0) is 52.4 Å². The predicted molar refractivity (Wildman–Crippen MR) is 92.6 cm³/mol. The lowest BCUT2D eigenvalue weighted by atomic mass is 10.0. The van der Waals surface area contributed by atoms with Gasteiger partial charge in [0.2, 0.25) is 0 Å². The van der Waals surface area contributed by atoms with Crippen LogP contribution in [-0.4, -0.2) is 12.3 Å². The summed E-state index contributed by atoms with van der Waals surface area (Å²) in [5, 5.41) is 4.33. The molecule has 1 atom stereocenters. The molecular weight excluding hydrogens is 389 g/mol. The van der Waals surface area contributed by atoms with Crippen LogP contribution in [-0.2, 0) is 0 Å². The molecule has 0 aromatic heterocycles. The van der Waals surface area contributed by atoms with Crippen molar-refractivity contribution in [3.05, 3.63) is 56.6 Å². The van der Waals surface area contributed by atoms with Crippen LogP contribution >= 0.6 is 46.0 Å². The summed E-state index contributed by atoms with van der Waals surface area (Å²) >= 11 is 10.3. The van der Waals surface area contributed by atoms with E-state index < -0.39 is 0 Å². The maximum Gasteiger partial charge on any atom is 0.0477 e. The van der Waals surface area contributed by atoms with Gasteiger partial charge in [0.25, 0.3) is 0 Å². The van der Waals surface area contributed by atoms with Gasteiger partial charge in [0.1, 0.15) is 0 Å². The molecule has 0 bridgehead atoms.